The van der Waals surface area contributed by atoms with Crippen LogP contribution in [-0.4, -0.2) is 55.7 Å². The molecule has 1 fully saturated rings. The maximum atomic E-state index is 12.6. The van der Waals surface area contributed by atoms with E-state index in [9.17, 15) is 10.1 Å². The Kier molecular flexibility index (Phi) is 5.33. The molecule has 1 saturated heterocycles. The predicted octanol–water partition coefficient (Wildman–Crippen LogP) is 3.96. The maximum absolute atomic E-state index is 12.6. The molecule has 2 atom stereocenters. The minimum Gasteiger partial charge on any atom is -0.494 e. The maximum Gasteiger partial charge on any atom is 0.410 e. The second kappa shape index (κ2) is 7.86. The van der Waals surface area contributed by atoms with Gasteiger partial charge in [0.15, 0.2) is 0 Å². The van der Waals surface area contributed by atoms with Gasteiger partial charge in [-0.1, -0.05) is 0 Å². The molecule has 9 heteroatoms. The first-order valence-corrected chi connectivity index (χ1v) is 10.6. The van der Waals surface area contributed by atoms with Gasteiger partial charge in [-0.15, -0.1) is 0 Å². The second-order valence-corrected chi connectivity index (χ2v) is 9.22. The van der Waals surface area contributed by atoms with Crippen LogP contribution < -0.4 is 4.74 Å². The van der Waals surface area contributed by atoms with E-state index in [1.807, 2.05) is 57.8 Å². The van der Waals surface area contributed by atoms with Gasteiger partial charge in [0.1, 0.15) is 28.5 Å². The van der Waals surface area contributed by atoms with Crippen molar-refractivity contribution in [1.29, 1.82) is 5.26 Å². The van der Waals surface area contributed by atoms with Gasteiger partial charge < -0.3 is 14.4 Å². The SMILES string of the molecule is COc1cc(-c2cnn(C3CC(C)N(C(=O)OC(C)(C)C)C3)c2C)cn2ncc(C#N)c12. The highest BCUT2D eigenvalue weighted by Crippen LogP contribution is 2.34. The summed E-state index contributed by atoms with van der Waals surface area (Å²) >= 11 is 0. The van der Waals surface area contributed by atoms with Crippen molar-refractivity contribution >= 4 is 11.6 Å². The van der Waals surface area contributed by atoms with Crippen LogP contribution in [0, 0.1) is 18.3 Å². The molecule has 4 heterocycles. The summed E-state index contributed by atoms with van der Waals surface area (Å²) in [5, 5.41) is 18.3. The van der Waals surface area contributed by atoms with Gasteiger partial charge in [0, 0.05) is 35.6 Å². The number of fused-ring (bicyclic) bond motifs is 1. The number of rotatable bonds is 3. The highest BCUT2D eigenvalue weighted by atomic mass is 16.6. The van der Waals surface area contributed by atoms with Crippen molar-refractivity contribution in [1.82, 2.24) is 24.3 Å². The van der Waals surface area contributed by atoms with Crippen molar-refractivity contribution < 1.29 is 14.3 Å². The zero-order valence-electron chi connectivity index (χ0n) is 19.3. The van der Waals surface area contributed by atoms with E-state index in [2.05, 4.69) is 16.3 Å². The van der Waals surface area contributed by atoms with Crippen LogP contribution in [-0.2, 0) is 4.74 Å². The summed E-state index contributed by atoms with van der Waals surface area (Å²) in [5.41, 5.74) is 3.40. The topological polar surface area (TPSA) is 97.7 Å². The predicted molar refractivity (Wildman–Crippen MR) is 118 cm³/mol. The van der Waals surface area contributed by atoms with Crippen molar-refractivity contribution in [2.45, 2.75) is 58.7 Å². The van der Waals surface area contributed by atoms with Crippen LogP contribution in [0.25, 0.3) is 16.6 Å². The lowest BCUT2D eigenvalue weighted by molar-refractivity contribution is 0.0234. The van der Waals surface area contributed by atoms with Gasteiger partial charge in [-0.05, 0) is 47.1 Å². The number of pyridine rings is 1. The van der Waals surface area contributed by atoms with Gasteiger partial charge in [0.25, 0.3) is 0 Å². The highest BCUT2D eigenvalue weighted by molar-refractivity contribution is 5.76. The molecule has 4 rings (SSSR count). The lowest BCUT2D eigenvalue weighted by Crippen LogP contribution is -2.39. The number of nitrogens with zero attached hydrogens (tertiary/aromatic N) is 6. The molecule has 0 spiro atoms. The van der Waals surface area contributed by atoms with E-state index >= 15 is 0 Å². The van der Waals surface area contributed by atoms with Crippen LogP contribution in [0.4, 0.5) is 4.79 Å². The van der Waals surface area contributed by atoms with Crippen molar-refractivity contribution in [3.63, 3.8) is 0 Å². The van der Waals surface area contributed by atoms with Gasteiger partial charge in [-0.25, -0.2) is 9.31 Å². The Morgan fingerprint density at radius 2 is 2.03 bits per heavy atom. The first-order chi connectivity index (χ1) is 15.1. The number of carbonyl (C=O) groups excluding carboxylic acids is 1. The largest absolute Gasteiger partial charge is 0.494 e. The highest BCUT2D eigenvalue weighted by Gasteiger charge is 2.37. The van der Waals surface area contributed by atoms with E-state index in [1.54, 1.807) is 16.5 Å². The fourth-order valence-electron chi connectivity index (χ4n) is 4.30. The molecular weight excluding hydrogens is 408 g/mol. The molecule has 168 valence electrons. The number of amides is 1. The molecule has 9 nitrogen and oxygen atoms in total. The number of hydrogen-bond acceptors (Lipinski definition) is 6. The summed E-state index contributed by atoms with van der Waals surface area (Å²) in [5.74, 6) is 0.578. The number of nitriles is 1. The lowest BCUT2D eigenvalue weighted by Gasteiger charge is -2.26. The van der Waals surface area contributed by atoms with Crippen LogP contribution in [0.1, 0.15) is 51.4 Å². The third-order valence-electron chi connectivity index (χ3n) is 5.80. The molecule has 2 unspecified atom stereocenters. The van der Waals surface area contributed by atoms with Gasteiger partial charge in [-0.2, -0.15) is 15.5 Å². The number of hydrogen-bond donors (Lipinski definition) is 0. The first-order valence-electron chi connectivity index (χ1n) is 10.6. The van der Waals surface area contributed by atoms with Crippen molar-refractivity contribution in [3.05, 3.63) is 35.9 Å². The van der Waals surface area contributed by atoms with Crippen molar-refractivity contribution in [2.24, 2.45) is 0 Å². The Labute approximate surface area is 187 Å². The van der Waals surface area contributed by atoms with Crippen LogP contribution >= 0.6 is 0 Å². The Hall–Kier alpha value is -3.54. The summed E-state index contributed by atoms with van der Waals surface area (Å²) in [6, 6.07) is 4.17. The normalized spacial score (nSPS) is 18.7. The summed E-state index contributed by atoms with van der Waals surface area (Å²) in [7, 11) is 1.58. The number of likely N-dealkylation sites (tertiary alicyclic amines) is 1. The number of methoxy groups -OCH3 is 1. The monoisotopic (exact) mass is 436 g/mol. The van der Waals surface area contributed by atoms with Gasteiger partial charge in [0.05, 0.1) is 25.5 Å². The number of carbonyl (C=O) groups is 1. The Balaban J connectivity index is 1.64. The number of aromatic nitrogens is 4. The average Bonchev–Trinajstić information content (AvgIpc) is 3.42. The third kappa shape index (κ3) is 3.77. The molecule has 3 aromatic heterocycles. The molecule has 0 aliphatic carbocycles. The molecular formula is C23H28N6O3. The van der Waals surface area contributed by atoms with Crippen molar-refractivity contribution in [3.8, 4) is 22.9 Å². The third-order valence-corrected chi connectivity index (χ3v) is 5.80. The van der Waals surface area contributed by atoms with Crippen LogP contribution in [0.5, 0.6) is 5.75 Å². The zero-order chi connectivity index (χ0) is 23.2. The lowest BCUT2D eigenvalue weighted by atomic mass is 10.1. The molecule has 0 N–H and O–H groups in total. The van der Waals surface area contributed by atoms with Gasteiger partial charge in [-0.3, -0.25) is 4.68 Å². The minimum atomic E-state index is -0.528. The molecule has 32 heavy (non-hydrogen) atoms. The molecule has 0 saturated carbocycles. The Morgan fingerprint density at radius 3 is 2.69 bits per heavy atom. The summed E-state index contributed by atoms with van der Waals surface area (Å²) < 4.78 is 14.7. The standard InChI is InChI=1S/C23H28N6O3/c1-14-7-18(13-27(14)22(30)32-23(3,4)5)29-15(2)19(11-26-29)16-8-20(31-6)21-17(9-24)10-25-28(21)12-16/h8,10-12,14,18H,7,13H2,1-6H3. The molecule has 1 aliphatic rings. The number of ether oxygens (including phenoxy) is 2. The fraction of sp³-hybridized carbons (Fsp3) is 0.478. The van der Waals surface area contributed by atoms with Crippen LogP contribution in [0.15, 0.2) is 24.7 Å². The first kappa shape index (κ1) is 21.7. The van der Waals surface area contributed by atoms with Crippen molar-refractivity contribution in [2.75, 3.05) is 13.7 Å². The minimum absolute atomic E-state index is 0.0618. The smallest absolute Gasteiger partial charge is 0.410 e. The zero-order valence-corrected chi connectivity index (χ0v) is 19.3. The summed E-state index contributed by atoms with van der Waals surface area (Å²) in [6.45, 7) is 10.2. The summed E-state index contributed by atoms with van der Waals surface area (Å²) in [6.07, 6.45) is 5.74. The van der Waals surface area contributed by atoms with E-state index in [0.29, 0.717) is 23.4 Å². The van der Waals surface area contributed by atoms with E-state index in [4.69, 9.17) is 9.47 Å². The average molecular weight is 437 g/mol. The van der Waals surface area contributed by atoms with E-state index in [0.717, 1.165) is 23.2 Å². The van der Waals surface area contributed by atoms with Crippen LogP contribution in [0.3, 0.4) is 0 Å². The molecule has 0 radical (unpaired) electrons. The quantitative estimate of drug-likeness (QED) is 0.616. The Morgan fingerprint density at radius 1 is 1.28 bits per heavy atom. The molecule has 1 amide bonds. The summed E-state index contributed by atoms with van der Waals surface area (Å²) in [4.78, 5) is 14.4. The fourth-order valence-corrected chi connectivity index (χ4v) is 4.30. The van der Waals surface area contributed by atoms with Gasteiger partial charge in [0.2, 0.25) is 0 Å². The van der Waals surface area contributed by atoms with Crippen LogP contribution in [0.2, 0.25) is 0 Å². The van der Waals surface area contributed by atoms with E-state index in [1.165, 1.54) is 6.20 Å². The Bertz CT molecular complexity index is 1210. The molecule has 0 aromatic carbocycles. The second-order valence-electron chi connectivity index (χ2n) is 9.22. The molecule has 0 bridgehead atoms. The van der Waals surface area contributed by atoms with Gasteiger partial charge >= 0.3 is 6.09 Å². The van der Waals surface area contributed by atoms with E-state index in [-0.39, 0.29) is 18.2 Å². The molecule has 3 aromatic rings. The molecule has 1 aliphatic heterocycles. The van der Waals surface area contributed by atoms with E-state index < -0.39 is 5.60 Å².